The first kappa shape index (κ1) is 14.7. The first-order chi connectivity index (χ1) is 9.27. The van der Waals surface area contributed by atoms with Crippen molar-refractivity contribution in [3.63, 3.8) is 0 Å². The van der Waals surface area contributed by atoms with Crippen LogP contribution in [0.4, 0.5) is 18.9 Å². The number of hydrogen-bond acceptors (Lipinski definition) is 4. The number of ether oxygens (including phenoxy) is 1. The third-order valence-corrected chi connectivity index (χ3v) is 3.11. The zero-order valence-corrected chi connectivity index (χ0v) is 10.3. The Morgan fingerprint density at radius 1 is 1.35 bits per heavy atom. The lowest BCUT2D eigenvalue weighted by Gasteiger charge is -2.27. The molecule has 0 saturated carbocycles. The van der Waals surface area contributed by atoms with Crippen molar-refractivity contribution < 1.29 is 27.9 Å². The summed E-state index contributed by atoms with van der Waals surface area (Å²) in [7, 11) is 0. The lowest BCUT2D eigenvalue weighted by Crippen LogP contribution is -2.23. The maximum Gasteiger partial charge on any atom is 0.416 e. The molecule has 0 aromatic heterocycles. The Morgan fingerprint density at radius 2 is 2.05 bits per heavy atom. The van der Waals surface area contributed by atoms with Gasteiger partial charge in [-0.1, -0.05) is 0 Å². The van der Waals surface area contributed by atoms with Gasteiger partial charge < -0.3 is 9.84 Å². The van der Waals surface area contributed by atoms with Gasteiger partial charge in [0.1, 0.15) is 0 Å². The van der Waals surface area contributed by atoms with Gasteiger partial charge in [0.2, 0.25) is 0 Å². The first-order valence-corrected chi connectivity index (χ1v) is 5.93. The number of nitro groups is 1. The minimum absolute atomic E-state index is 0.0604. The highest BCUT2D eigenvalue weighted by Crippen LogP contribution is 2.36. The van der Waals surface area contributed by atoms with Gasteiger partial charge in [0, 0.05) is 25.2 Å². The van der Waals surface area contributed by atoms with Crippen LogP contribution in [0.15, 0.2) is 18.2 Å². The molecule has 0 radical (unpaired) electrons. The van der Waals surface area contributed by atoms with Gasteiger partial charge in [0.25, 0.3) is 5.69 Å². The fourth-order valence-corrected chi connectivity index (χ4v) is 2.10. The summed E-state index contributed by atoms with van der Waals surface area (Å²) in [6, 6.07) is 2.37. The molecule has 1 saturated heterocycles. The van der Waals surface area contributed by atoms with Gasteiger partial charge in [0.15, 0.2) is 0 Å². The van der Waals surface area contributed by atoms with Crippen LogP contribution in [-0.4, -0.2) is 22.7 Å². The molecule has 110 valence electrons. The molecule has 20 heavy (non-hydrogen) atoms. The first-order valence-electron chi connectivity index (χ1n) is 5.93. The zero-order chi connectivity index (χ0) is 14.9. The Balaban J connectivity index is 2.41. The molecule has 1 N–H and O–H groups in total. The summed E-state index contributed by atoms with van der Waals surface area (Å²) in [5.74, 6) is 0. The van der Waals surface area contributed by atoms with E-state index >= 15 is 0 Å². The molecule has 1 aliphatic rings. The van der Waals surface area contributed by atoms with Crippen molar-refractivity contribution in [1.82, 2.24) is 0 Å². The van der Waals surface area contributed by atoms with Gasteiger partial charge in [-0.25, -0.2) is 0 Å². The summed E-state index contributed by atoms with van der Waals surface area (Å²) >= 11 is 0. The van der Waals surface area contributed by atoms with Crippen molar-refractivity contribution in [1.29, 1.82) is 0 Å². The second-order valence-electron chi connectivity index (χ2n) is 4.61. The number of hydrogen-bond donors (Lipinski definition) is 1. The molecule has 0 bridgehead atoms. The number of alkyl halides is 3. The fraction of sp³-hybridized carbons (Fsp3) is 0.500. The van der Waals surface area contributed by atoms with Gasteiger partial charge in [0.05, 0.1) is 22.7 Å². The Morgan fingerprint density at radius 3 is 2.60 bits per heavy atom. The predicted octanol–water partition coefficient (Wildman–Crippen LogP) is 2.83. The average Bonchev–Trinajstić information content (AvgIpc) is 2.37. The minimum atomic E-state index is -4.67. The second-order valence-corrected chi connectivity index (χ2v) is 4.61. The maximum absolute atomic E-state index is 12.7. The third kappa shape index (κ3) is 3.26. The Bertz CT molecular complexity index is 518. The van der Waals surface area contributed by atoms with Gasteiger partial charge in [-0.15, -0.1) is 0 Å². The van der Waals surface area contributed by atoms with Gasteiger partial charge >= 0.3 is 6.18 Å². The van der Waals surface area contributed by atoms with E-state index in [-0.39, 0.29) is 18.6 Å². The van der Waals surface area contributed by atoms with Crippen LogP contribution in [0, 0.1) is 10.1 Å². The van der Waals surface area contributed by atoms with Crippen LogP contribution in [0.5, 0.6) is 0 Å². The average molecular weight is 291 g/mol. The number of halogens is 3. The van der Waals surface area contributed by atoms with Crippen molar-refractivity contribution in [3.05, 3.63) is 39.4 Å². The van der Waals surface area contributed by atoms with E-state index in [9.17, 15) is 28.4 Å². The molecule has 8 heteroatoms. The monoisotopic (exact) mass is 291 g/mol. The maximum atomic E-state index is 12.7. The quantitative estimate of drug-likeness (QED) is 0.671. The number of benzene rings is 1. The van der Waals surface area contributed by atoms with Crippen LogP contribution in [-0.2, 0) is 10.9 Å². The summed E-state index contributed by atoms with van der Waals surface area (Å²) < 4.78 is 43.5. The van der Waals surface area contributed by atoms with Crippen molar-refractivity contribution in [2.45, 2.75) is 31.2 Å². The molecule has 0 aliphatic carbocycles. The standard InChI is InChI=1S/C12H12F3NO4/c13-12(14,15)8-3-7(4-9(5-8)16(18)19)11-6-10(17)1-2-20-11/h3-5,10-11,17H,1-2,6H2. The highest BCUT2D eigenvalue weighted by molar-refractivity contribution is 5.41. The second kappa shape index (κ2) is 5.37. The predicted molar refractivity (Wildman–Crippen MR) is 62.0 cm³/mol. The number of non-ortho nitro benzene ring substituents is 1. The number of nitro benzene ring substituents is 1. The van der Waals surface area contributed by atoms with E-state index in [1.165, 1.54) is 0 Å². The number of aliphatic hydroxyl groups is 1. The van der Waals surface area contributed by atoms with Gasteiger partial charge in [-0.3, -0.25) is 10.1 Å². The molecular weight excluding hydrogens is 279 g/mol. The molecule has 2 unspecified atom stereocenters. The summed E-state index contributed by atoms with van der Waals surface area (Å²) in [6.45, 7) is 0.204. The zero-order valence-electron chi connectivity index (χ0n) is 10.3. The Labute approximate surface area is 112 Å². The van der Waals surface area contributed by atoms with E-state index in [2.05, 4.69) is 0 Å². The van der Waals surface area contributed by atoms with Crippen molar-refractivity contribution >= 4 is 5.69 Å². The topological polar surface area (TPSA) is 72.6 Å². The normalized spacial score (nSPS) is 23.6. The minimum Gasteiger partial charge on any atom is -0.393 e. The van der Waals surface area contributed by atoms with E-state index < -0.39 is 34.6 Å². The van der Waals surface area contributed by atoms with Crippen LogP contribution >= 0.6 is 0 Å². The molecule has 2 rings (SSSR count). The summed E-state index contributed by atoms with van der Waals surface area (Å²) in [5.41, 5.74) is -1.67. The molecule has 1 fully saturated rings. The fourth-order valence-electron chi connectivity index (χ4n) is 2.10. The molecule has 1 heterocycles. The van der Waals surface area contributed by atoms with Crippen molar-refractivity contribution in [3.8, 4) is 0 Å². The highest BCUT2D eigenvalue weighted by Gasteiger charge is 2.34. The van der Waals surface area contributed by atoms with E-state index in [1.807, 2.05) is 0 Å². The Hall–Kier alpha value is -1.67. The smallest absolute Gasteiger partial charge is 0.393 e. The molecule has 0 amide bonds. The molecule has 1 aromatic rings. The van der Waals surface area contributed by atoms with Crippen LogP contribution in [0.3, 0.4) is 0 Å². The van der Waals surface area contributed by atoms with E-state index in [0.29, 0.717) is 12.5 Å². The molecule has 1 aromatic carbocycles. The van der Waals surface area contributed by atoms with E-state index in [4.69, 9.17) is 4.74 Å². The number of aliphatic hydroxyl groups excluding tert-OH is 1. The molecule has 0 spiro atoms. The molecule has 1 aliphatic heterocycles. The van der Waals surface area contributed by atoms with Gasteiger partial charge in [-0.2, -0.15) is 13.2 Å². The molecule has 2 atom stereocenters. The van der Waals surface area contributed by atoms with E-state index in [1.54, 1.807) is 0 Å². The van der Waals surface area contributed by atoms with Crippen LogP contribution in [0.25, 0.3) is 0 Å². The van der Waals surface area contributed by atoms with Crippen LogP contribution < -0.4 is 0 Å². The van der Waals surface area contributed by atoms with E-state index in [0.717, 1.165) is 12.1 Å². The third-order valence-electron chi connectivity index (χ3n) is 3.11. The van der Waals surface area contributed by atoms with Crippen LogP contribution in [0.2, 0.25) is 0 Å². The SMILES string of the molecule is O=[N+]([O-])c1cc(C2CC(O)CCO2)cc(C(F)(F)F)c1. The highest BCUT2D eigenvalue weighted by atomic mass is 19.4. The lowest BCUT2D eigenvalue weighted by atomic mass is 9.97. The van der Waals surface area contributed by atoms with Crippen molar-refractivity contribution in [2.75, 3.05) is 6.61 Å². The largest absolute Gasteiger partial charge is 0.416 e. The summed E-state index contributed by atoms with van der Waals surface area (Å²) in [4.78, 5) is 9.85. The molecule has 5 nitrogen and oxygen atoms in total. The molecular formula is C12H12F3NO4. The summed E-state index contributed by atoms with van der Waals surface area (Å²) in [6.07, 6.45) is -5.59. The van der Waals surface area contributed by atoms with Crippen molar-refractivity contribution in [2.24, 2.45) is 0 Å². The number of rotatable bonds is 2. The lowest BCUT2D eigenvalue weighted by molar-refractivity contribution is -0.385. The Kier molecular flexibility index (Phi) is 3.96. The van der Waals surface area contributed by atoms with Gasteiger partial charge in [-0.05, 0) is 18.1 Å². The summed E-state index contributed by atoms with van der Waals surface area (Å²) in [5, 5.41) is 20.2. The van der Waals surface area contributed by atoms with Crippen LogP contribution in [0.1, 0.15) is 30.1 Å². The number of nitrogens with zero attached hydrogens (tertiary/aromatic N) is 1.